The van der Waals surface area contributed by atoms with Crippen LogP contribution in [-0.4, -0.2) is 21.5 Å². The average molecular weight is 352 g/mol. The molecule has 23 heavy (non-hydrogen) atoms. The third-order valence-corrected chi connectivity index (χ3v) is 4.71. The van der Waals surface area contributed by atoms with Crippen LogP contribution in [0.2, 0.25) is 0 Å². The van der Waals surface area contributed by atoms with Crippen molar-refractivity contribution in [3.05, 3.63) is 48.5 Å². The number of hydrogen-bond donors (Lipinski definition) is 0. The summed E-state index contributed by atoms with van der Waals surface area (Å²) in [5.41, 5.74) is 2.25. The van der Waals surface area contributed by atoms with Crippen LogP contribution in [0.5, 0.6) is 0 Å². The Hall–Kier alpha value is -1.92. The van der Waals surface area contributed by atoms with Crippen molar-refractivity contribution >= 4 is 36.8 Å². The molecule has 0 fully saturated rings. The van der Waals surface area contributed by atoms with Gasteiger partial charge < -0.3 is 4.90 Å². The molecule has 7 heteroatoms. The number of anilines is 1. The van der Waals surface area contributed by atoms with Gasteiger partial charge in [0.05, 0.1) is 16.3 Å². The van der Waals surface area contributed by atoms with E-state index in [4.69, 9.17) is 10.7 Å². The largest absolute Gasteiger partial charge is 0.372 e. The first kappa shape index (κ1) is 17.4. The van der Waals surface area contributed by atoms with E-state index in [2.05, 4.69) is 29.0 Å². The summed E-state index contributed by atoms with van der Waals surface area (Å²) >= 11 is 0. The zero-order valence-electron chi connectivity index (χ0n) is 13.0. The Morgan fingerprint density at radius 2 is 1.57 bits per heavy atom. The van der Waals surface area contributed by atoms with Gasteiger partial charge in [0.15, 0.2) is 0 Å². The topological polar surface area (TPSA) is 62.1 Å². The molecular weight excluding hydrogens is 334 g/mol. The van der Waals surface area contributed by atoms with E-state index < -0.39 is 9.05 Å². The average Bonchev–Trinajstić information content (AvgIpc) is 2.55. The second-order valence-corrected chi connectivity index (χ2v) is 7.39. The molecule has 0 bridgehead atoms. The van der Waals surface area contributed by atoms with Crippen LogP contribution in [0.4, 0.5) is 17.1 Å². The van der Waals surface area contributed by atoms with E-state index in [1.807, 2.05) is 24.3 Å². The molecule has 0 unspecified atom stereocenters. The van der Waals surface area contributed by atoms with Crippen molar-refractivity contribution in [1.29, 1.82) is 0 Å². The molecular formula is C16H18ClN3O2S. The summed E-state index contributed by atoms with van der Waals surface area (Å²) in [5.74, 6) is 0. The normalized spacial score (nSPS) is 11.8. The molecule has 122 valence electrons. The van der Waals surface area contributed by atoms with Gasteiger partial charge in [-0.3, -0.25) is 0 Å². The van der Waals surface area contributed by atoms with Crippen LogP contribution < -0.4 is 4.90 Å². The Bertz CT molecular complexity index is 785. The SMILES string of the molecule is CCN(CC)c1ccc(N=Nc2cccc(S(=O)(=O)Cl)c2)cc1. The second-order valence-electron chi connectivity index (χ2n) is 4.82. The summed E-state index contributed by atoms with van der Waals surface area (Å²) in [6.07, 6.45) is 0. The Kier molecular flexibility index (Phi) is 5.74. The van der Waals surface area contributed by atoms with Gasteiger partial charge in [-0.2, -0.15) is 10.2 Å². The lowest BCUT2D eigenvalue weighted by molar-refractivity contribution is 0.609. The summed E-state index contributed by atoms with van der Waals surface area (Å²) in [5, 5.41) is 8.17. The maximum atomic E-state index is 11.3. The maximum absolute atomic E-state index is 11.3. The number of azo groups is 1. The summed E-state index contributed by atoms with van der Waals surface area (Å²) in [7, 11) is 1.55. The van der Waals surface area contributed by atoms with Crippen molar-refractivity contribution in [2.45, 2.75) is 18.7 Å². The lowest BCUT2D eigenvalue weighted by Crippen LogP contribution is -2.21. The van der Waals surface area contributed by atoms with Crippen molar-refractivity contribution in [1.82, 2.24) is 0 Å². The molecule has 0 aliphatic heterocycles. The summed E-state index contributed by atoms with van der Waals surface area (Å²) in [4.78, 5) is 2.24. The third kappa shape index (κ3) is 4.77. The lowest BCUT2D eigenvalue weighted by atomic mass is 10.2. The van der Waals surface area contributed by atoms with Gasteiger partial charge in [0, 0.05) is 29.5 Å². The van der Waals surface area contributed by atoms with Crippen LogP contribution in [0.15, 0.2) is 63.7 Å². The van der Waals surface area contributed by atoms with E-state index in [0.29, 0.717) is 11.4 Å². The van der Waals surface area contributed by atoms with Crippen LogP contribution in [0.1, 0.15) is 13.8 Å². The second kappa shape index (κ2) is 7.57. The molecule has 0 aromatic heterocycles. The van der Waals surface area contributed by atoms with Crippen molar-refractivity contribution in [2.75, 3.05) is 18.0 Å². The molecule has 0 spiro atoms. The fourth-order valence-corrected chi connectivity index (χ4v) is 2.92. The lowest BCUT2D eigenvalue weighted by Gasteiger charge is -2.20. The standard InChI is InChI=1S/C16H18ClN3O2S/c1-3-20(4-2)15-10-8-13(9-11-15)18-19-14-6-5-7-16(12-14)23(17,21)22/h5-12H,3-4H2,1-2H3. The summed E-state index contributed by atoms with van der Waals surface area (Å²) < 4.78 is 22.6. The van der Waals surface area contributed by atoms with Gasteiger partial charge in [-0.15, -0.1) is 0 Å². The predicted octanol–water partition coefficient (Wildman–Crippen LogP) is 4.88. The third-order valence-electron chi connectivity index (χ3n) is 3.36. The van der Waals surface area contributed by atoms with Gasteiger partial charge in [0.2, 0.25) is 0 Å². The van der Waals surface area contributed by atoms with Gasteiger partial charge in [0.1, 0.15) is 0 Å². The molecule has 0 saturated heterocycles. The first-order chi connectivity index (χ1) is 10.9. The van der Waals surface area contributed by atoms with Crippen molar-refractivity contribution in [3.8, 4) is 0 Å². The summed E-state index contributed by atoms with van der Waals surface area (Å²) in [6.45, 7) is 6.10. The Morgan fingerprint density at radius 1 is 0.957 bits per heavy atom. The zero-order valence-corrected chi connectivity index (χ0v) is 14.5. The van der Waals surface area contributed by atoms with Gasteiger partial charge in [0.25, 0.3) is 9.05 Å². The quantitative estimate of drug-likeness (QED) is 0.550. The molecule has 0 N–H and O–H groups in total. The smallest absolute Gasteiger partial charge is 0.261 e. The van der Waals surface area contributed by atoms with E-state index in [-0.39, 0.29) is 4.90 Å². The molecule has 2 aromatic carbocycles. The highest BCUT2D eigenvalue weighted by molar-refractivity contribution is 8.13. The van der Waals surface area contributed by atoms with Crippen LogP contribution in [-0.2, 0) is 9.05 Å². The van der Waals surface area contributed by atoms with Crippen molar-refractivity contribution in [3.63, 3.8) is 0 Å². The minimum atomic E-state index is -3.76. The van der Waals surface area contributed by atoms with E-state index >= 15 is 0 Å². The van der Waals surface area contributed by atoms with Crippen molar-refractivity contribution < 1.29 is 8.42 Å². The first-order valence-electron chi connectivity index (χ1n) is 7.25. The minimum absolute atomic E-state index is 0.00694. The maximum Gasteiger partial charge on any atom is 0.261 e. The van der Waals surface area contributed by atoms with Gasteiger partial charge in [-0.1, -0.05) is 6.07 Å². The molecule has 0 heterocycles. The fraction of sp³-hybridized carbons (Fsp3) is 0.250. The molecule has 5 nitrogen and oxygen atoms in total. The highest BCUT2D eigenvalue weighted by Crippen LogP contribution is 2.24. The highest BCUT2D eigenvalue weighted by atomic mass is 35.7. The number of benzene rings is 2. The summed E-state index contributed by atoms with van der Waals surface area (Å²) in [6, 6.07) is 13.8. The number of rotatable bonds is 6. The van der Waals surface area contributed by atoms with Gasteiger partial charge in [-0.05, 0) is 56.3 Å². The van der Waals surface area contributed by atoms with Crippen molar-refractivity contribution in [2.24, 2.45) is 10.2 Å². The molecule has 0 radical (unpaired) electrons. The van der Waals surface area contributed by atoms with E-state index in [1.165, 1.54) is 12.1 Å². The van der Waals surface area contributed by atoms with Crippen LogP contribution in [0.3, 0.4) is 0 Å². The van der Waals surface area contributed by atoms with Crippen LogP contribution in [0.25, 0.3) is 0 Å². The molecule has 0 aliphatic rings. The van der Waals surface area contributed by atoms with Crippen LogP contribution in [0, 0.1) is 0 Å². The molecule has 2 rings (SSSR count). The fourth-order valence-electron chi connectivity index (χ4n) is 2.13. The van der Waals surface area contributed by atoms with Gasteiger partial charge >= 0.3 is 0 Å². The molecule has 0 saturated carbocycles. The predicted molar refractivity (Wildman–Crippen MR) is 93.7 cm³/mol. The monoisotopic (exact) mass is 351 g/mol. The van der Waals surface area contributed by atoms with Crippen LogP contribution >= 0.6 is 10.7 Å². The molecule has 0 aliphatic carbocycles. The molecule has 2 aromatic rings. The van der Waals surface area contributed by atoms with E-state index in [0.717, 1.165) is 18.8 Å². The zero-order chi connectivity index (χ0) is 16.9. The number of nitrogens with zero attached hydrogens (tertiary/aromatic N) is 3. The minimum Gasteiger partial charge on any atom is -0.372 e. The number of hydrogen-bond acceptors (Lipinski definition) is 5. The van der Waals surface area contributed by atoms with Gasteiger partial charge in [-0.25, -0.2) is 8.42 Å². The molecule has 0 amide bonds. The highest BCUT2D eigenvalue weighted by Gasteiger charge is 2.09. The van der Waals surface area contributed by atoms with E-state index in [1.54, 1.807) is 12.1 Å². The Labute approximate surface area is 141 Å². The molecule has 0 atom stereocenters. The number of halogens is 1. The Balaban J connectivity index is 2.17. The first-order valence-corrected chi connectivity index (χ1v) is 9.56. The van der Waals surface area contributed by atoms with E-state index in [9.17, 15) is 8.42 Å². The Morgan fingerprint density at radius 3 is 2.13 bits per heavy atom.